The quantitative estimate of drug-likeness (QED) is 0.746. The Morgan fingerprint density at radius 3 is 2.67 bits per heavy atom. The van der Waals surface area contributed by atoms with Crippen molar-refractivity contribution >= 4 is 16.6 Å². The summed E-state index contributed by atoms with van der Waals surface area (Å²) in [6.45, 7) is 3.01. The zero-order valence-electron chi connectivity index (χ0n) is 9.73. The van der Waals surface area contributed by atoms with Crippen molar-refractivity contribution in [3.8, 4) is 0 Å². The molecule has 6 nitrogen and oxygen atoms in total. The molecule has 0 bridgehead atoms. The molecule has 0 aliphatic carbocycles. The Morgan fingerprint density at radius 1 is 1.11 bits per heavy atom. The van der Waals surface area contributed by atoms with Gasteiger partial charge < -0.3 is 14.6 Å². The van der Waals surface area contributed by atoms with Gasteiger partial charge in [0.1, 0.15) is 0 Å². The van der Waals surface area contributed by atoms with Gasteiger partial charge in [-0.05, 0) is 18.2 Å². The minimum atomic E-state index is -0.480. The first-order chi connectivity index (χ1) is 8.74. The molecule has 0 atom stereocenters. The number of anilines is 1. The van der Waals surface area contributed by atoms with Crippen molar-refractivity contribution in [3.05, 3.63) is 39.0 Å². The lowest BCUT2D eigenvalue weighted by molar-refractivity contribution is 0.122. The van der Waals surface area contributed by atoms with Crippen LogP contribution < -0.4 is 16.1 Å². The van der Waals surface area contributed by atoms with Crippen molar-refractivity contribution in [2.45, 2.75) is 0 Å². The summed E-state index contributed by atoms with van der Waals surface area (Å²) in [6.07, 6.45) is 0. The summed E-state index contributed by atoms with van der Waals surface area (Å²) in [5, 5.41) is 0.499. The number of nitrogens with zero attached hydrogens (tertiary/aromatic N) is 1. The van der Waals surface area contributed by atoms with Gasteiger partial charge in [-0.15, -0.1) is 0 Å². The number of hydrogen-bond acceptors (Lipinski definition) is 4. The highest BCUT2D eigenvalue weighted by molar-refractivity contribution is 5.81. The third-order valence-corrected chi connectivity index (χ3v) is 3.10. The summed E-state index contributed by atoms with van der Waals surface area (Å²) in [5.74, 6) is 0. The van der Waals surface area contributed by atoms with Gasteiger partial charge in [0.05, 0.1) is 24.1 Å². The fourth-order valence-electron chi connectivity index (χ4n) is 2.17. The molecule has 0 amide bonds. The van der Waals surface area contributed by atoms with Gasteiger partial charge in [0, 0.05) is 18.8 Å². The fourth-order valence-corrected chi connectivity index (χ4v) is 2.17. The predicted octanol–water partition coefficient (Wildman–Crippen LogP) is 0.0530. The largest absolute Gasteiger partial charge is 0.378 e. The molecular weight excluding hydrogens is 234 g/mol. The minimum Gasteiger partial charge on any atom is -0.378 e. The van der Waals surface area contributed by atoms with E-state index in [4.69, 9.17) is 4.74 Å². The highest BCUT2D eigenvalue weighted by Gasteiger charge is 2.12. The molecule has 0 spiro atoms. The van der Waals surface area contributed by atoms with E-state index in [0.29, 0.717) is 24.1 Å². The molecule has 0 saturated carbocycles. The van der Waals surface area contributed by atoms with Gasteiger partial charge in [-0.1, -0.05) is 0 Å². The van der Waals surface area contributed by atoms with Crippen molar-refractivity contribution in [3.63, 3.8) is 0 Å². The Hall–Kier alpha value is -2.08. The topological polar surface area (TPSA) is 78.2 Å². The molecule has 2 N–H and O–H groups in total. The zero-order chi connectivity index (χ0) is 12.5. The van der Waals surface area contributed by atoms with Crippen LogP contribution in [0.4, 0.5) is 5.69 Å². The predicted molar refractivity (Wildman–Crippen MR) is 68.2 cm³/mol. The molecule has 18 heavy (non-hydrogen) atoms. The molecule has 0 unspecified atom stereocenters. The second kappa shape index (κ2) is 4.30. The average molecular weight is 247 g/mol. The summed E-state index contributed by atoms with van der Waals surface area (Å²) in [4.78, 5) is 29.9. The maximum atomic E-state index is 11.7. The minimum absolute atomic E-state index is 0.358. The van der Waals surface area contributed by atoms with Gasteiger partial charge in [-0.3, -0.25) is 9.78 Å². The maximum absolute atomic E-state index is 11.7. The van der Waals surface area contributed by atoms with Gasteiger partial charge in [0.2, 0.25) is 0 Å². The highest BCUT2D eigenvalue weighted by Crippen LogP contribution is 2.19. The molecule has 2 aromatic rings. The van der Waals surface area contributed by atoms with Gasteiger partial charge in [-0.25, -0.2) is 4.79 Å². The molecule has 3 rings (SSSR count). The van der Waals surface area contributed by atoms with E-state index in [2.05, 4.69) is 14.9 Å². The molecule has 2 heterocycles. The van der Waals surface area contributed by atoms with E-state index in [1.807, 2.05) is 6.07 Å². The molecule has 1 aliphatic rings. The summed E-state index contributed by atoms with van der Waals surface area (Å²) in [6, 6.07) is 5.47. The monoisotopic (exact) mass is 247 g/mol. The van der Waals surface area contributed by atoms with E-state index in [1.165, 1.54) is 0 Å². The molecule has 1 aliphatic heterocycles. The Labute approximate surface area is 102 Å². The van der Waals surface area contributed by atoms with E-state index in [-0.39, 0.29) is 5.56 Å². The lowest BCUT2D eigenvalue weighted by Crippen LogP contribution is -2.36. The van der Waals surface area contributed by atoms with Crippen LogP contribution in [0.25, 0.3) is 10.9 Å². The van der Waals surface area contributed by atoms with Crippen molar-refractivity contribution in [1.29, 1.82) is 0 Å². The lowest BCUT2D eigenvalue weighted by atomic mass is 10.2. The second-order valence-electron chi connectivity index (χ2n) is 4.24. The molecule has 1 aromatic carbocycles. The third-order valence-electron chi connectivity index (χ3n) is 3.10. The van der Waals surface area contributed by atoms with Crippen molar-refractivity contribution in [2.24, 2.45) is 0 Å². The number of benzene rings is 1. The maximum Gasteiger partial charge on any atom is 0.326 e. The van der Waals surface area contributed by atoms with Crippen molar-refractivity contribution in [1.82, 2.24) is 9.97 Å². The van der Waals surface area contributed by atoms with Crippen LogP contribution in [0.5, 0.6) is 0 Å². The summed E-state index contributed by atoms with van der Waals surface area (Å²) < 4.78 is 5.29. The lowest BCUT2D eigenvalue weighted by Gasteiger charge is -2.28. The standard InChI is InChI=1S/C12H13N3O3/c16-11-9-7-8(15-3-5-18-6-4-15)1-2-10(9)13-12(17)14-11/h1-2,7H,3-6H2,(H2,13,14,16,17). The van der Waals surface area contributed by atoms with E-state index in [9.17, 15) is 9.59 Å². The molecule has 0 radical (unpaired) electrons. The van der Waals surface area contributed by atoms with Crippen LogP contribution in [-0.2, 0) is 4.74 Å². The van der Waals surface area contributed by atoms with Crippen LogP contribution >= 0.6 is 0 Å². The van der Waals surface area contributed by atoms with Crippen molar-refractivity contribution in [2.75, 3.05) is 31.2 Å². The van der Waals surface area contributed by atoms with Gasteiger partial charge in [0.15, 0.2) is 0 Å². The number of rotatable bonds is 1. The fraction of sp³-hybridized carbons (Fsp3) is 0.333. The molecule has 6 heteroatoms. The molecule has 1 aromatic heterocycles. The van der Waals surface area contributed by atoms with Gasteiger partial charge in [-0.2, -0.15) is 0 Å². The first kappa shape index (κ1) is 11.0. The Balaban J connectivity index is 2.10. The van der Waals surface area contributed by atoms with E-state index in [0.717, 1.165) is 18.8 Å². The van der Waals surface area contributed by atoms with Crippen LogP contribution in [0, 0.1) is 0 Å². The van der Waals surface area contributed by atoms with Crippen LogP contribution in [0.15, 0.2) is 27.8 Å². The highest BCUT2D eigenvalue weighted by atomic mass is 16.5. The first-order valence-corrected chi connectivity index (χ1v) is 5.83. The SMILES string of the molecule is O=c1[nH]c(=O)c2cc(N3CCOCC3)ccc2[nH]1. The number of ether oxygens (including phenoxy) is 1. The average Bonchev–Trinajstić information content (AvgIpc) is 2.39. The second-order valence-corrected chi connectivity index (χ2v) is 4.24. The van der Waals surface area contributed by atoms with E-state index in [1.54, 1.807) is 12.1 Å². The molecule has 1 saturated heterocycles. The molecule has 94 valence electrons. The van der Waals surface area contributed by atoms with E-state index >= 15 is 0 Å². The van der Waals surface area contributed by atoms with Gasteiger partial charge in [0.25, 0.3) is 5.56 Å². The Bertz CT molecular complexity index is 683. The summed E-state index contributed by atoms with van der Waals surface area (Å²) in [5.41, 5.74) is 0.694. The zero-order valence-corrected chi connectivity index (χ0v) is 9.73. The summed E-state index contributed by atoms with van der Waals surface area (Å²) >= 11 is 0. The summed E-state index contributed by atoms with van der Waals surface area (Å²) in [7, 11) is 0. The third kappa shape index (κ3) is 1.91. The van der Waals surface area contributed by atoms with E-state index < -0.39 is 5.69 Å². The Kier molecular flexibility index (Phi) is 2.64. The number of fused-ring (bicyclic) bond motifs is 1. The van der Waals surface area contributed by atoms with Crippen LogP contribution in [0.3, 0.4) is 0 Å². The number of nitrogens with one attached hydrogen (secondary N) is 2. The number of aromatic amines is 2. The van der Waals surface area contributed by atoms with Crippen LogP contribution in [-0.4, -0.2) is 36.3 Å². The van der Waals surface area contributed by atoms with Crippen molar-refractivity contribution < 1.29 is 4.74 Å². The van der Waals surface area contributed by atoms with Crippen LogP contribution in [0.1, 0.15) is 0 Å². The normalized spacial score (nSPS) is 16.1. The molecular formula is C12H13N3O3. The number of hydrogen-bond donors (Lipinski definition) is 2. The Morgan fingerprint density at radius 2 is 1.89 bits per heavy atom. The molecule has 1 fully saturated rings. The smallest absolute Gasteiger partial charge is 0.326 e. The van der Waals surface area contributed by atoms with Crippen LogP contribution in [0.2, 0.25) is 0 Å². The van der Waals surface area contributed by atoms with Gasteiger partial charge >= 0.3 is 5.69 Å². The number of morpholine rings is 1. The number of aromatic nitrogens is 2. The number of H-pyrrole nitrogens is 2. The first-order valence-electron chi connectivity index (χ1n) is 5.83.